The van der Waals surface area contributed by atoms with Crippen molar-refractivity contribution in [2.75, 3.05) is 0 Å². The molecule has 1 atom stereocenters. The highest BCUT2D eigenvalue weighted by molar-refractivity contribution is 6.30. The molecule has 6 nitrogen and oxygen atoms in total. The van der Waals surface area contributed by atoms with E-state index in [4.69, 9.17) is 17.3 Å². The van der Waals surface area contributed by atoms with E-state index in [9.17, 15) is 0 Å². The molecule has 0 saturated heterocycles. The summed E-state index contributed by atoms with van der Waals surface area (Å²) in [5, 5.41) is 13.0. The largest absolute Gasteiger partial charge is 0.323 e. The van der Waals surface area contributed by atoms with Gasteiger partial charge in [0.15, 0.2) is 0 Å². The number of hydrogen-bond acceptors (Lipinski definition) is 4. The SMILES string of the molecule is CCC(N)c1cn(Cc2c(C)nn(C)c2Cl)nn1. The number of halogens is 1. The fraction of sp³-hybridized carbons (Fsp3) is 0.545. The van der Waals surface area contributed by atoms with Gasteiger partial charge in [0.05, 0.1) is 30.2 Å². The molecule has 0 saturated carbocycles. The number of hydrogen-bond donors (Lipinski definition) is 1. The van der Waals surface area contributed by atoms with Gasteiger partial charge in [0.2, 0.25) is 0 Å². The quantitative estimate of drug-likeness (QED) is 0.910. The van der Waals surface area contributed by atoms with Gasteiger partial charge < -0.3 is 5.73 Å². The van der Waals surface area contributed by atoms with Crippen molar-refractivity contribution in [1.82, 2.24) is 24.8 Å². The molecule has 2 aromatic heterocycles. The second kappa shape index (κ2) is 5.07. The fourth-order valence-electron chi connectivity index (χ4n) is 1.79. The molecule has 1 unspecified atom stereocenters. The molecule has 0 spiro atoms. The molecule has 0 aromatic carbocycles. The minimum absolute atomic E-state index is 0.0655. The van der Waals surface area contributed by atoms with E-state index in [1.54, 1.807) is 9.36 Å². The minimum atomic E-state index is -0.0655. The minimum Gasteiger partial charge on any atom is -0.323 e. The highest BCUT2D eigenvalue weighted by Gasteiger charge is 2.14. The van der Waals surface area contributed by atoms with E-state index in [2.05, 4.69) is 15.4 Å². The van der Waals surface area contributed by atoms with Gasteiger partial charge in [-0.05, 0) is 13.3 Å². The molecule has 2 N–H and O–H groups in total. The van der Waals surface area contributed by atoms with Crippen molar-refractivity contribution in [3.63, 3.8) is 0 Å². The zero-order valence-electron chi connectivity index (χ0n) is 10.8. The first-order chi connectivity index (χ1) is 8.52. The van der Waals surface area contributed by atoms with Crippen molar-refractivity contribution >= 4 is 11.6 Å². The van der Waals surface area contributed by atoms with E-state index >= 15 is 0 Å². The fourth-order valence-corrected chi connectivity index (χ4v) is 2.02. The maximum Gasteiger partial charge on any atom is 0.132 e. The Morgan fingerprint density at radius 2 is 2.22 bits per heavy atom. The molecule has 0 aliphatic heterocycles. The molecule has 0 radical (unpaired) electrons. The molecule has 0 amide bonds. The highest BCUT2D eigenvalue weighted by Crippen LogP contribution is 2.20. The molecule has 2 heterocycles. The van der Waals surface area contributed by atoms with Gasteiger partial charge in [-0.15, -0.1) is 5.10 Å². The normalized spacial score (nSPS) is 12.9. The number of aromatic nitrogens is 5. The van der Waals surface area contributed by atoms with Gasteiger partial charge in [-0.3, -0.25) is 4.68 Å². The van der Waals surface area contributed by atoms with Crippen molar-refractivity contribution in [2.45, 2.75) is 32.9 Å². The van der Waals surface area contributed by atoms with Gasteiger partial charge >= 0.3 is 0 Å². The summed E-state index contributed by atoms with van der Waals surface area (Å²) in [6.07, 6.45) is 2.70. The third-order valence-electron chi connectivity index (χ3n) is 2.97. The Morgan fingerprint density at radius 3 is 2.78 bits per heavy atom. The van der Waals surface area contributed by atoms with Crippen LogP contribution in [-0.4, -0.2) is 24.8 Å². The van der Waals surface area contributed by atoms with Crippen LogP contribution >= 0.6 is 11.6 Å². The second-order valence-corrected chi connectivity index (χ2v) is 4.69. The van der Waals surface area contributed by atoms with Gasteiger partial charge in [-0.25, -0.2) is 4.68 Å². The summed E-state index contributed by atoms with van der Waals surface area (Å²) in [6.45, 7) is 4.50. The topological polar surface area (TPSA) is 74.6 Å². The van der Waals surface area contributed by atoms with Crippen LogP contribution in [0.15, 0.2) is 6.20 Å². The van der Waals surface area contributed by atoms with Crippen molar-refractivity contribution in [3.8, 4) is 0 Å². The summed E-state index contributed by atoms with van der Waals surface area (Å²) in [4.78, 5) is 0. The van der Waals surface area contributed by atoms with Crippen LogP contribution in [0.2, 0.25) is 5.15 Å². The average Bonchev–Trinajstić information content (AvgIpc) is 2.90. The average molecular weight is 269 g/mol. The van der Waals surface area contributed by atoms with Crippen molar-refractivity contribution in [1.29, 1.82) is 0 Å². The third-order valence-corrected chi connectivity index (χ3v) is 3.44. The van der Waals surface area contributed by atoms with Crippen LogP contribution in [0.25, 0.3) is 0 Å². The van der Waals surface area contributed by atoms with Gasteiger partial charge in [0.1, 0.15) is 5.15 Å². The summed E-state index contributed by atoms with van der Waals surface area (Å²) in [5.74, 6) is 0. The molecule has 0 fully saturated rings. The van der Waals surface area contributed by atoms with E-state index in [1.807, 2.05) is 27.1 Å². The zero-order chi connectivity index (χ0) is 13.3. The standard InChI is InChI=1S/C11H17ClN6/c1-4-9(13)10-6-18(16-14-10)5-8-7(2)15-17(3)11(8)12/h6,9H,4-5,13H2,1-3H3. The smallest absolute Gasteiger partial charge is 0.132 e. The first kappa shape index (κ1) is 13.0. The highest BCUT2D eigenvalue weighted by atomic mass is 35.5. The molecule has 18 heavy (non-hydrogen) atoms. The Bertz CT molecular complexity index is 544. The summed E-state index contributed by atoms with van der Waals surface area (Å²) in [6, 6.07) is -0.0655. The van der Waals surface area contributed by atoms with Crippen LogP contribution in [0.3, 0.4) is 0 Å². The Labute approximate surface area is 111 Å². The van der Waals surface area contributed by atoms with E-state index in [0.717, 1.165) is 23.4 Å². The van der Waals surface area contributed by atoms with Crippen LogP contribution in [0.4, 0.5) is 0 Å². The summed E-state index contributed by atoms with van der Waals surface area (Å²) in [5.41, 5.74) is 8.57. The lowest BCUT2D eigenvalue weighted by Gasteiger charge is -2.02. The maximum absolute atomic E-state index is 6.17. The Kier molecular flexibility index (Phi) is 3.68. The van der Waals surface area contributed by atoms with E-state index in [1.165, 1.54) is 0 Å². The second-order valence-electron chi connectivity index (χ2n) is 4.33. The molecule has 0 aliphatic carbocycles. The van der Waals surface area contributed by atoms with Crippen molar-refractivity contribution in [2.24, 2.45) is 12.8 Å². The van der Waals surface area contributed by atoms with Gasteiger partial charge in [-0.2, -0.15) is 5.10 Å². The van der Waals surface area contributed by atoms with Crippen LogP contribution in [0.5, 0.6) is 0 Å². The van der Waals surface area contributed by atoms with E-state index in [-0.39, 0.29) is 6.04 Å². The first-order valence-corrected chi connectivity index (χ1v) is 6.24. The van der Waals surface area contributed by atoms with Gasteiger partial charge in [0, 0.05) is 12.6 Å². The predicted octanol–water partition coefficient (Wildman–Crippen LogP) is 1.43. The predicted molar refractivity (Wildman–Crippen MR) is 69.3 cm³/mol. The van der Waals surface area contributed by atoms with E-state index in [0.29, 0.717) is 11.7 Å². The lowest BCUT2D eigenvalue weighted by molar-refractivity contribution is 0.642. The summed E-state index contributed by atoms with van der Waals surface area (Å²) < 4.78 is 3.39. The summed E-state index contributed by atoms with van der Waals surface area (Å²) in [7, 11) is 1.82. The number of nitrogens with zero attached hydrogens (tertiary/aromatic N) is 5. The molecule has 98 valence electrons. The monoisotopic (exact) mass is 268 g/mol. The van der Waals surface area contributed by atoms with Crippen molar-refractivity contribution < 1.29 is 0 Å². The van der Waals surface area contributed by atoms with Crippen LogP contribution < -0.4 is 5.73 Å². The number of rotatable bonds is 4. The van der Waals surface area contributed by atoms with Crippen LogP contribution in [0.1, 0.15) is 36.3 Å². The van der Waals surface area contributed by atoms with E-state index < -0.39 is 0 Å². The molecule has 2 rings (SSSR count). The number of aryl methyl sites for hydroxylation is 2. The first-order valence-electron chi connectivity index (χ1n) is 5.86. The molecular weight excluding hydrogens is 252 g/mol. The molecule has 2 aromatic rings. The number of nitrogens with two attached hydrogens (primary N) is 1. The lowest BCUT2D eigenvalue weighted by atomic mass is 10.2. The van der Waals surface area contributed by atoms with Gasteiger partial charge in [-0.1, -0.05) is 23.7 Å². The third kappa shape index (κ3) is 2.39. The van der Waals surface area contributed by atoms with Gasteiger partial charge in [0.25, 0.3) is 0 Å². The molecular formula is C11H17ClN6. The Morgan fingerprint density at radius 1 is 1.50 bits per heavy atom. The zero-order valence-corrected chi connectivity index (χ0v) is 11.5. The lowest BCUT2D eigenvalue weighted by Crippen LogP contribution is -2.08. The maximum atomic E-state index is 6.17. The Balaban J connectivity index is 2.21. The van der Waals surface area contributed by atoms with Crippen LogP contribution in [0, 0.1) is 6.92 Å². The molecule has 7 heteroatoms. The molecule has 0 bridgehead atoms. The molecule has 0 aliphatic rings. The van der Waals surface area contributed by atoms with Crippen LogP contribution in [-0.2, 0) is 13.6 Å². The summed E-state index contributed by atoms with van der Waals surface area (Å²) >= 11 is 6.17. The van der Waals surface area contributed by atoms with Crippen molar-refractivity contribution in [3.05, 3.63) is 28.3 Å². The Hall–Kier alpha value is -1.40.